The minimum absolute atomic E-state index is 0.160. The molecule has 222 valence electrons. The van der Waals surface area contributed by atoms with Crippen molar-refractivity contribution in [1.82, 2.24) is 9.47 Å². The normalized spacial score (nSPS) is 15.2. The number of thiophene rings is 1. The van der Waals surface area contributed by atoms with Crippen LogP contribution in [0.3, 0.4) is 0 Å². The maximum atomic E-state index is 13.1. The van der Waals surface area contributed by atoms with Crippen molar-refractivity contribution in [1.29, 1.82) is 0 Å². The molecule has 0 unspecified atom stereocenters. The Balaban J connectivity index is 1.23. The summed E-state index contributed by atoms with van der Waals surface area (Å²) < 4.78 is 2.01. The molecule has 0 saturated heterocycles. The van der Waals surface area contributed by atoms with Gasteiger partial charge in [-0.25, -0.2) is 4.79 Å². The van der Waals surface area contributed by atoms with E-state index in [1.807, 2.05) is 28.0 Å². The Bertz CT molecular complexity index is 2000. The first-order valence-electron chi connectivity index (χ1n) is 15.5. The van der Waals surface area contributed by atoms with Crippen LogP contribution in [0.15, 0.2) is 126 Å². The number of fused-ring (bicyclic) bond motifs is 2. The fourth-order valence-corrected chi connectivity index (χ4v) is 8.32. The molecule has 1 fully saturated rings. The number of carboxylic acids is 1. The second-order valence-electron chi connectivity index (χ2n) is 12.1. The molecule has 0 atom stereocenters. The molecule has 2 aromatic heterocycles. The van der Waals surface area contributed by atoms with Gasteiger partial charge in [-0.2, -0.15) is 0 Å². The van der Waals surface area contributed by atoms with Crippen molar-refractivity contribution in [2.75, 3.05) is 6.54 Å². The lowest BCUT2D eigenvalue weighted by molar-refractivity contribution is 0.0695. The Labute approximate surface area is 265 Å². The van der Waals surface area contributed by atoms with Crippen LogP contribution in [0.25, 0.3) is 21.3 Å². The van der Waals surface area contributed by atoms with Gasteiger partial charge in [-0.3, -0.25) is 9.69 Å². The fourth-order valence-electron chi connectivity index (χ4n) is 7.16. The van der Waals surface area contributed by atoms with Crippen molar-refractivity contribution < 1.29 is 9.90 Å². The number of pyridine rings is 1. The Morgan fingerprint density at radius 2 is 1.40 bits per heavy atom. The van der Waals surface area contributed by atoms with E-state index in [0.29, 0.717) is 5.39 Å². The maximum Gasteiger partial charge on any atom is 0.341 e. The zero-order valence-electron chi connectivity index (χ0n) is 24.7. The van der Waals surface area contributed by atoms with Gasteiger partial charge < -0.3 is 9.67 Å². The van der Waals surface area contributed by atoms with Gasteiger partial charge in [-0.05, 0) is 65.3 Å². The van der Waals surface area contributed by atoms with Crippen LogP contribution in [0.4, 0.5) is 0 Å². The molecule has 1 N–H and O–H groups in total. The van der Waals surface area contributed by atoms with Gasteiger partial charge in [0, 0.05) is 40.5 Å². The number of hydrogen-bond donors (Lipinski definition) is 1. The van der Waals surface area contributed by atoms with Gasteiger partial charge in [0.2, 0.25) is 5.43 Å². The second-order valence-corrected chi connectivity index (χ2v) is 13.2. The molecule has 3 heterocycles. The third-order valence-corrected chi connectivity index (χ3v) is 10.7. The first-order valence-corrected chi connectivity index (χ1v) is 16.3. The summed E-state index contributed by atoms with van der Waals surface area (Å²) in [7, 11) is 0. The fraction of sp³-hybridized carbons (Fsp3) is 0.179. The number of aromatic nitrogens is 1. The van der Waals surface area contributed by atoms with Crippen molar-refractivity contribution in [2.24, 2.45) is 0 Å². The molecule has 0 radical (unpaired) electrons. The lowest BCUT2D eigenvalue weighted by Gasteiger charge is -2.47. The van der Waals surface area contributed by atoms with Gasteiger partial charge >= 0.3 is 5.97 Å². The summed E-state index contributed by atoms with van der Waals surface area (Å²) >= 11 is 1.83. The molecule has 2 aliphatic rings. The SMILES string of the molecule is O=C(O)c1cn(C2CC2)c2cc(-c3cc4c(s3)CCN(C(c3ccccc3)(c3ccccc3)c3ccccc3)C4)ccc2c1=O. The monoisotopic (exact) mass is 608 g/mol. The predicted octanol–water partition coefficient (Wildman–Crippen LogP) is 8.11. The van der Waals surface area contributed by atoms with E-state index in [0.717, 1.165) is 43.4 Å². The molecule has 8 rings (SSSR count). The molecule has 1 aliphatic heterocycles. The molecular formula is C39H32N2O3S. The summed E-state index contributed by atoms with van der Waals surface area (Å²) in [6.45, 7) is 1.70. The minimum Gasteiger partial charge on any atom is -0.477 e. The molecular weight excluding hydrogens is 577 g/mol. The molecule has 45 heavy (non-hydrogen) atoms. The largest absolute Gasteiger partial charge is 0.477 e. The smallest absolute Gasteiger partial charge is 0.341 e. The van der Waals surface area contributed by atoms with Crippen molar-refractivity contribution in [2.45, 2.75) is 37.4 Å². The number of aromatic carboxylic acids is 1. The van der Waals surface area contributed by atoms with Crippen molar-refractivity contribution in [3.63, 3.8) is 0 Å². The van der Waals surface area contributed by atoms with Crippen LogP contribution >= 0.6 is 11.3 Å². The van der Waals surface area contributed by atoms with E-state index in [4.69, 9.17) is 0 Å². The van der Waals surface area contributed by atoms with Gasteiger partial charge in [-0.1, -0.05) is 97.1 Å². The van der Waals surface area contributed by atoms with Crippen LogP contribution < -0.4 is 5.43 Å². The van der Waals surface area contributed by atoms with Crippen LogP contribution in [0.1, 0.15) is 56.4 Å². The van der Waals surface area contributed by atoms with E-state index in [9.17, 15) is 14.7 Å². The maximum absolute atomic E-state index is 13.1. The van der Waals surface area contributed by atoms with Gasteiger partial charge in [0.05, 0.1) is 11.1 Å². The minimum atomic E-state index is -1.17. The number of carboxylic acid groups (broad SMARTS) is 1. The van der Waals surface area contributed by atoms with E-state index >= 15 is 0 Å². The Hall–Kier alpha value is -4.78. The number of nitrogens with zero attached hydrogens (tertiary/aromatic N) is 2. The van der Waals surface area contributed by atoms with E-state index in [-0.39, 0.29) is 11.6 Å². The van der Waals surface area contributed by atoms with Gasteiger partial charge in [0.15, 0.2) is 0 Å². The molecule has 0 bridgehead atoms. The topological polar surface area (TPSA) is 62.5 Å². The molecule has 6 aromatic rings. The summed E-state index contributed by atoms with van der Waals surface area (Å²) in [6, 6.07) is 41.0. The van der Waals surface area contributed by atoms with E-state index in [1.54, 1.807) is 6.20 Å². The predicted molar refractivity (Wildman–Crippen MR) is 180 cm³/mol. The summed E-state index contributed by atoms with van der Waals surface area (Å²) in [4.78, 5) is 30.1. The number of carbonyl (C=O) groups is 1. The first kappa shape index (κ1) is 27.7. The van der Waals surface area contributed by atoms with Crippen LogP contribution in [0.2, 0.25) is 0 Å². The molecule has 1 saturated carbocycles. The average molecular weight is 609 g/mol. The highest BCUT2D eigenvalue weighted by Gasteiger charge is 2.43. The van der Waals surface area contributed by atoms with Gasteiger partial charge in [0.25, 0.3) is 0 Å². The number of hydrogen-bond acceptors (Lipinski definition) is 4. The van der Waals surface area contributed by atoms with E-state index in [2.05, 4.69) is 108 Å². The number of rotatable bonds is 7. The highest BCUT2D eigenvalue weighted by atomic mass is 32.1. The van der Waals surface area contributed by atoms with Crippen LogP contribution in [-0.2, 0) is 18.5 Å². The molecule has 6 heteroatoms. The van der Waals surface area contributed by atoms with Crippen LogP contribution in [0, 0.1) is 0 Å². The Morgan fingerprint density at radius 1 is 0.800 bits per heavy atom. The Kier molecular flexibility index (Phi) is 6.77. The third kappa shape index (κ3) is 4.64. The molecule has 1 aliphatic carbocycles. The standard InChI is InChI=1S/C39H32N2O3S/c42-37-32-19-16-26(22-34(32)41(31-17-18-31)25-33(37)38(43)44)36-23-27-24-40(21-20-35(27)45-36)39(28-10-4-1-5-11-28,29-12-6-2-7-13-29)30-14-8-3-9-15-30/h1-16,19,22-23,25,31H,17-18,20-21,24H2,(H,43,44). The van der Waals surface area contributed by atoms with Crippen molar-refractivity contribution in [3.8, 4) is 10.4 Å². The van der Waals surface area contributed by atoms with Crippen molar-refractivity contribution in [3.05, 3.63) is 164 Å². The lowest BCUT2D eigenvalue weighted by Crippen LogP contribution is -2.49. The summed E-state index contributed by atoms with van der Waals surface area (Å²) in [5, 5.41) is 10.1. The molecule has 4 aromatic carbocycles. The third-order valence-electron chi connectivity index (χ3n) is 9.40. The zero-order valence-corrected chi connectivity index (χ0v) is 25.5. The summed E-state index contributed by atoms with van der Waals surface area (Å²) in [5.41, 5.74) is 5.90. The van der Waals surface area contributed by atoms with Crippen LogP contribution in [-0.4, -0.2) is 27.1 Å². The van der Waals surface area contributed by atoms with Crippen LogP contribution in [0.5, 0.6) is 0 Å². The van der Waals surface area contributed by atoms with Gasteiger partial charge in [0.1, 0.15) is 5.56 Å². The van der Waals surface area contributed by atoms with Crippen molar-refractivity contribution >= 4 is 28.2 Å². The van der Waals surface area contributed by atoms with E-state index < -0.39 is 16.9 Å². The highest BCUT2D eigenvalue weighted by molar-refractivity contribution is 7.15. The summed E-state index contributed by atoms with van der Waals surface area (Å²) in [6.07, 6.45) is 4.48. The Morgan fingerprint density at radius 3 is 1.96 bits per heavy atom. The first-order chi connectivity index (χ1) is 22.0. The van der Waals surface area contributed by atoms with Gasteiger partial charge in [-0.15, -0.1) is 11.3 Å². The molecule has 0 spiro atoms. The summed E-state index contributed by atoms with van der Waals surface area (Å²) in [5.74, 6) is -1.17. The van der Waals surface area contributed by atoms with E-state index in [1.165, 1.54) is 32.0 Å². The molecule has 5 nitrogen and oxygen atoms in total. The average Bonchev–Trinajstić information content (AvgIpc) is 3.84. The molecule has 0 amide bonds. The lowest BCUT2D eigenvalue weighted by atomic mass is 9.74. The second kappa shape index (κ2) is 11.0. The quantitative estimate of drug-likeness (QED) is 0.186. The zero-order chi connectivity index (χ0) is 30.5. The highest BCUT2D eigenvalue weighted by Crippen LogP contribution is 2.46. The number of benzene rings is 4.